The molecule has 0 saturated heterocycles. The quantitative estimate of drug-likeness (QED) is 0.108. The van der Waals surface area contributed by atoms with Crippen molar-refractivity contribution in [3.8, 4) is 11.5 Å². The molecule has 0 aliphatic rings. The summed E-state index contributed by atoms with van der Waals surface area (Å²) in [6.07, 6.45) is 7.76. The number of halogens is 1. The molecule has 3 rings (SSSR count). The second-order valence-electron chi connectivity index (χ2n) is 7.68. The van der Waals surface area contributed by atoms with Gasteiger partial charge >= 0.3 is 5.97 Å². The lowest BCUT2D eigenvalue weighted by Crippen LogP contribution is -2.24. The summed E-state index contributed by atoms with van der Waals surface area (Å²) in [5, 5.41) is 3.97. The number of nitrogens with zero attached hydrogens (tertiary/aromatic N) is 1. The fourth-order valence-electron chi connectivity index (χ4n) is 3.07. The van der Waals surface area contributed by atoms with E-state index in [4.69, 9.17) is 9.47 Å². The van der Waals surface area contributed by atoms with Gasteiger partial charge in [-0.1, -0.05) is 71.7 Å². The van der Waals surface area contributed by atoms with E-state index >= 15 is 0 Å². The number of hydrogen-bond acceptors (Lipinski definition) is 5. The van der Waals surface area contributed by atoms with E-state index in [9.17, 15) is 9.59 Å². The van der Waals surface area contributed by atoms with E-state index in [1.54, 1.807) is 24.3 Å². The van der Waals surface area contributed by atoms with Crippen LogP contribution in [-0.2, 0) is 16.0 Å². The molecule has 0 saturated carbocycles. The largest absolute Gasteiger partial charge is 0.484 e. The second-order valence-corrected chi connectivity index (χ2v) is 8.59. The first-order valence-electron chi connectivity index (χ1n) is 11.3. The summed E-state index contributed by atoms with van der Waals surface area (Å²) < 4.78 is 11.7. The molecular formula is C28H27BrN2O4. The van der Waals surface area contributed by atoms with Crippen LogP contribution in [0.2, 0.25) is 0 Å². The van der Waals surface area contributed by atoms with Crippen molar-refractivity contribution in [2.24, 2.45) is 5.10 Å². The Kier molecular flexibility index (Phi) is 10.3. The SMILES string of the molecule is CCCCc1ccc(OCC(=O)N/N=C/c2cc(Br)ccc2OC(=O)/C=C/c2ccccc2)cc1. The van der Waals surface area contributed by atoms with Crippen LogP contribution in [0.15, 0.2) is 88.4 Å². The molecule has 0 aliphatic heterocycles. The predicted molar refractivity (Wildman–Crippen MR) is 142 cm³/mol. The fraction of sp³-hybridized carbons (Fsp3) is 0.179. The highest BCUT2D eigenvalue weighted by Gasteiger charge is 2.08. The number of hydrogen-bond donors (Lipinski definition) is 1. The van der Waals surface area contributed by atoms with Gasteiger partial charge in [0.2, 0.25) is 0 Å². The van der Waals surface area contributed by atoms with E-state index in [2.05, 4.69) is 33.4 Å². The lowest BCUT2D eigenvalue weighted by molar-refractivity contribution is -0.129. The molecule has 0 bridgehead atoms. The number of benzene rings is 3. The third-order valence-electron chi connectivity index (χ3n) is 4.90. The number of ether oxygens (including phenoxy) is 2. The normalized spacial score (nSPS) is 11.0. The van der Waals surface area contributed by atoms with Crippen LogP contribution in [0.3, 0.4) is 0 Å². The Morgan fingerprint density at radius 1 is 1.03 bits per heavy atom. The number of unbranched alkanes of at least 4 members (excludes halogenated alkanes) is 1. The summed E-state index contributed by atoms with van der Waals surface area (Å²) in [6.45, 7) is 1.99. The number of hydrazone groups is 1. The van der Waals surface area contributed by atoms with Gasteiger partial charge in [0.15, 0.2) is 6.61 Å². The van der Waals surface area contributed by atoms with Crippen molar-refractivity contribution in [3.63, 3.8) is 0 Å². The van der Waals surface area contributed by atoms with Gasteiger partial charge in [-0.2, -0.15) is 5.10 Å². The van der Waals surface area contributed by atoms with Crippen molar-refractivity contribution < 1.29 is 19.1 Å². The molecule has 0 unspecified atom stereocenters. The van der Waals surface area contributed by atoms with Gasteiger partial charge in [-0.15, -0.1) is 0 Å². The van der Waals surface area contributed by atoms with Crippen LogP contribution in [-0.4, -0.2) is 24.7 Å². The second kappa shape index (κ2) is 13.9. The Balaban J connectivity index is 1.52. The molecule has 3 aromatic rings. The molecule has 180 valence electrons. The first kappa shape index (κ1) is 25.9. The number of nitrogens with one attached hydrogen (secondary N) is 1. The van der Waals surface area contributed by atoms with Crippen molar-refractivity contribution in [2.75, 3.05) is 6.61 Å². The number of esters is 1. The summed E-state index contributed by atoms with van der Waals surface area (Å²) in [6, 6.07) is 22.3. The van der Waals surface area contributed by atoms with E-state index in [-0.39, 0.29) is 6.61 Å². The zero-order chi connectivity index (χ0) is 24.9. The molecule has 0 heterocycles. The average molecular weight is 535 g/mol. The summed E-state index contributed by atoms with van der Waals surface area (Å²) in [4.78, 5) is 24.4. The lowest BCUT2D eigenvalue weighted by atomic mass is 10.1. The average Bonchev–Trinajstić information content (AvgIpc) is 2.88. The van der Waals surface area contributed by atoms with E-state index in [1.165, 1.54) is 17.9 Å². The van der Waals surface area contributed by atoms with Crippen molar-refractivity contribution >= 4 is 40.1 Å². The smallest absolute Gasteiger partial charge is 0.336 e. The summed E-state index contributed by atoms with van der Waals surface area (Å²) in [5.41, 5.74) is 5.07. The van der Waals surface area contributed by atoms with Crippen LogP contribution in [0.1, 0.15) is 36.5 Å². The Labute approximate surface area is 213 Å². The van der Waals surface area contributed by atoms with Gasteiger partial charge in [0.05, 0.1) is 6.21 Å². The minimum absolute atomic E-state index is 0.170. The molecule has 0 radical (unpaired) electrons. The first-order valence-corrected chi connectivity index (χ1v) is 12.1. The predicted octanol–water partition coefficient (Wildman–Crippen LogP) is 5.94. The van der Waals surface area contributed by atoms with Crippen LogP contribution in [0.25, 0.3) is 6.08 Å². The van der Waals surface area contributed by atoms with E-state index in [0.717, 1.165) is 29.3 Å². The zero-order valence-corrected chi connectivity index (χ0v) is 21.0. The number of aryl methyl sites for hydroxylation is 1. The molecule has 0 spiro atoms. The van der Waals surface area contributed by atoms with Gasteiger partial charge < -0.3 is 9.47 Å². The molecule has 7 heteroatoms. The molecule has 0 fully saturated rings. The maximum Gasteiger partial charge on any atom is 0.336 e. The number of rotatable bonds is 11. The van der Waals surface area contributed by atoms with Gasteiger partial charge in [-0.05, 0) is 60.4 Å². The molecular weight excluding hydrogens is 508 g/mol. The lowest BCUT2D eigenvalue weighted by Gasteiger charge is -2.07. The first-order chi connectivity index (χ1) is 17.0. The van der Waals surface area contributed by atoms with E-state index in [1.807, 2.05) is 54.6 Å². The van der Waals surface area contributed by atoms with Gasteiger partial charge in [-0.25, -0.2) is 10.2 Å². The highest BCUT2D eigenvalue weighted by atomic mass is 79.9. The summed E-state index contributed by atoms with van der Waals surface area (Å²) in [5.74, 6) is 0.00191. The van der Waals surface area contributed by atoms with Crippen molar-refractivity contribution in [1.82, 2.24) is 5.43 Å². The molecule has 0 atom stereocenters. The van der Waals surface area contributed by atoms with E-state index < -0.39 is 11.9 Å². The molecule has 1 N–H and O–H groups in total. The van der Waals surface area contributed by atoms with Crippen LogP contribution < -0.4 is 14.9 Å². The van der Waals surface area contributed by atoms with Crippen molar-refractivity contribution in [1.29, 1.82) is 0 Å². The monoisotopic (exact) mass is 534 g/mol. The van der Waals surface area contributed by atoms with Crippen molar-refractivity contribution in [3.05, 3.63) is 100 Å². The highest BCUT2D eigenvalue weighted by molar-refractivity contribution is 9.10. The van der Waals surface area contributed by atoms with Crippen LogP contribution in [0, 0.1) is 0 Å². The third-order valence-corrected chi connectivity index (χ3v) is 5.39. The minimum Gasteiger partial charge on any atom is -0.484 e. The van der Waals surface area contributed by atoms with Gasteiger partial charge in [-0.3, -0.25) is 4.79 Å². The zero-order valence-electron chi connectivity index (χ0n) is 19.4. The summed E-state index contributed by atoms with van der Waals surface area (Å²) in [7, 11) is 0. The van der Waals surface area contributed by atoms with Gasteiger partial charge in [0.1, 0.15) is 11.5 Å². The Morgan fingerprint density at radius 3 is 2.54 bits per heavy atom. The topological polar surface area (TPSA) is 77.0 Å². The molecule has 1 amide bonds. The van der Waals surface area contributed by atoms with Gasteiger partial charge in [0, 0.05) is 16.1 Å². The molecule has 35 heavy (non-hydrogen) atoms. The van der Waals surface area contributed by atoms with Gasteiger partial charge in [0.25, 0.3) is 5.91 Å². The Bertz CT molecular complexity index is 1180. The number of carbonyl (C=O) groups excluding carboxylic acids is 2. The van der Waals surface area contributed by atoms with Crippen LogP contribution >= 0.6 is 15.9 Å². The van der Waals surface area contributed by atoms with Crippen LogP contribution in [0.4, 0.5) is 0 Å². The third kappa shape index (κ3) is 9.22. The molecule has 3 aromatic carbocycles. The Morgan fingerprint density at radius 2 is 1.80 bits per heavy atom. The molecule has 0 aromatic heterocycles. The maximum absolute atomic E-state index is 12.2. The fourth-order valence-corrected chi connectivity index (χ4v) is 3.45. The maximum atomic E-state index is 12.2. The molecule has 6 nitrogen and oxygen atoms in total. The Hall–Kier alpha value is -3.71. The summed E-state index contributed by atoms with van der Waals surface area (Å²) >= 11 is 3.39. The van der Waals surface area contributed by atoms with E-state index in [0.29, 0.717) is 17.1 Å². The minimum atomic E-state index is -0.524. The van der Waals surface area contributed by atoms with Crippen LogP contribution in [0.5, 0.6) is 11.5 Å². The number of carbonyl (C=O) groups is 2. The number of amides is 1. The molecule has 0 aliphatic carbocycles. The standard InChI is InChI=1S/C28H27BrN2O4/c1-2-3-7-22-10-14-25(15-11-22)34-20-27(32)31-30-19-23-18-24(29)13-16-26(23)35-28(33)17-12-21-8-5-4-6-9-21/h4-6,8-19H,2-3,7,20H2,1H3,(H,31,32)/b17-12+,30-19+. The highest BCUT2D eigenvalue weighted by Crippen LogP contribution is 2.22. The van der Waals surface area contributed by atoms with Crippen molar-refractivity contribution in [2.45, 2.75) is 26.2 Å².